The SMILES string of the molecule is CC1(C)N(c2nc(-c3ccccc3)nc3cc4c(cc23)oc2ccccc24)c2nc3c(-c4ccccc4)cccc3n2C1(C)C. The standard InChI is InChI=1S/C39H31N5O/c1-38(2)39(3,4)44(37-41-34-26(24-14-7-5-8-15-24)19-13-20-31(34)43(37)38)36-29-23-33-28(27-18-11-12-21-32(27)45-33)22-30(29)40-35(42-36)25-16-9-6-10-17-25/h5-23H,1-4H3. The molecule has 0 saturated heterocycles. The average Bonchev–Trinajstić information content (AvgIpc) is 3.67. The summed E-state index contributed by atoms with van der Waals surface area (Å²) in [5, 5.41) is 3.05. The minimum Gasteiger partial charge on any atom is -0.456 e. The molecule has 0 spiro atoms. The summed E-state index contributed by atoms with van der Waals surface area (Å²) in [7, 11) is 0. The quantitative estimate of drug-likeness (QED) is 0.207. The summed E-state index contributed by atoms with van der Waals surface area (Å²) in [6.07, 6.45) is 0. The van der Waals surface area contributed by atoms with Crippen LogP contribution >= 0.6 is 0 Å². The maximum atomic E-state index is 6.37. The van der Waals surface area contributed by atoms with Crippen molar-refractivity contribution in [1.82, 2.24) is 19.5 Å². The predicted octanol–water partition coefficient (Wildman–Crippen LogP) is 9.88. The van der Waals surface area contributed by atoms with Crippen molar-refractivity contribution in [3.05, 3.63) is 115 Å². The van der Waals surface area contributed by atoms with Gasteiger partial charge in [-0.15, -0.1) is 0 Å². The Hall–Kier alpha value is -5.49. The van der Waals surface area contributed by atoms with Gasteiger partial charge in [0.1, 0.15) is 17.0 Å². The van der Waals surface area contributed by atoms with Crippen molar-refractivity contribution in [3.63, 3.8) is 0 Å². The Kier molecular flexibility index (Phi) is 5.20. The van der Waals surface area contributed by atoms with Gasteiger partial charge in [0.25, 0.3) is 0 Å². The first-order valence-corrected chi connectivity index (χ1v) is 15.4. The molecule has 6 nitrogen and oxygen atoms in total. The van der Waals surface area contributed by atoms with E-state index in [1.54, 1.807) is 0 Å². The summed E-state index contributed by atoms with van der Waals surface area (Å²) < 4.78 is 8.77. The number of hydrogen-bond donors (Lipinski definition) is 0. The van der Waals surface area contributed by atoms with Crippen molar-refractivity contribution < 1.29 is 4.42 Å². The number of hydrogen-bond acceptors (Lipinski definition) is 5. The number of para-hydroxylation sites is 2. The fourth-order valence-corrected chi connectivity index (χ4v) is 7.01. The van der Waals surface area contributed by atoms with E-state index in [1.807, 2.05) is 42.5 Å². The third kappa shape index (κ3) is 3.53. The highest BCUT2D eigenvalue weighted by Crippen LogP contribution is 2.53. The molecule has 6 heteroatoms. The summed E-state index contributed by atoms with van der Waals surface area (Å²) in [6, 6.07) is 39.6. The molecule has 0 amide bonds. The van der Waals surface area contributed by atoms with Crippen molar-refractivity contribution in [1.29, 1.82) is 0 Å². The van der Waals surface area contributed by atoms with E-state index in [-0.39, 0.29) is 5.54 Å². The highest BCUT2D eigenvalue weighted by molar-refractivity contribution is 6.11. The number of rotatable bonds is 3. The van der Waals surface area contributed by atoms with Gasteiger partial charge in [0, 0.05) is 27.3 Å². The topological polar surface area (TPSA) is 60.0 Å². The summed E-state index contributed by atoms with van der Waals surface area (Å²) in [5.41, 5.74) is 7.13. The molecule has 45 heavy (non-hydrogen) atoms. The zero-order valence-corrected chi connectivity index (χ0v) is 25.6. The van der Waals surface area contributed by atoms with Gasteiger partial charge < -0.3 is 8.98 Å². The van der Waals surface area contributed by atoms with Crippen LogP contribution in [0.4, 0.5) is 11.8 Å². The van der Waals surface area contributed by atoms with Crippen LogP contribution in [0.25, 0.3) is 66.4 Å². The summed E-state index contributed by atoms with van der Waals surface area (Å²) in [5.74, 6) is 2.36. The zero-order valence-electron chi connectivity index (χ0n) is 25.6. The van der Waals surface area contributed by atoms with E-state index in [0.717, 1.165) is 72.3 Å². The number of nitrogens with zero attached hydrogens (tertiary/aromatic N) is 5. The van der Waals surface area contributed by atoms with Crippen LogP contribution in [0.2, 0.25) is 0 Å². The number of furan rings is 1. The molecule has 0 bridgehead atoms. The molecular formula is C39H31N5O. The van der Waals surface area contributed by atoms with Gasteiger partial charge in [0.05, 0.1) is 27.6 Å². The monoisotopic (exact) mass is 585 g/mol. The molecule has 0 fully saturated rings. The first-order valence-electron chi connectivity index (χ1n) is 15.4. The van der Waals surface area contributed by atoms with Crippen molar-refractivity contribution in [2.24, 2.45) is 0 Å². The lowest BCUT2D eigenvalue weighted by Crippen LogP contribution is -2.51. The second kappa shape index (κ2) is 9.02. The van der Waals surface area contributed by atoms with Crippen LogP contribution in [-0.4, -0.2) is 25.1 Å². The number of fused-ring (bicyclic) bond motifs is 7. The van der Waals surface area contributed by atoms with E-state index in [2.05, 4.69) is 110 Å². The second-order valence-corrected chi connectivity index (χ2v) is 12.9. The predicted molar refractivity (Wildman–Crippen MR) is 183 cm³/mol. The molecular weight excluding hydrogens is 554 g/mol. The molecule has 0 radical (unpaired) electrons. The zero-order chi connectivity index (χ0) is 30.5. The van der Waals surface area contributed by atoms with Crippen molar-refractivity contribution in [2.45, 2.75) is 38.8 Å². The van der Waals surface area contributed by atoms with Crippen LogP contribution < -0.4 is 4.90 Å². The smallest absolute Gasteiger partial charge is 0.213 e. The van der Waals surface area contributed by atoms with E-state index in [0.29, 0.717) is 5.82 Å². The number of benzene rings is 5. The third-order valence-corrected chi connectivity index (χ3v) is 9.99. The van der Waals surface area contributed by atoms with Gasteiger partial charge >= 0.3 is 0 Å². The first kappa shape index (κ1) is 26.0. The van der Waals surface area contributed by atoms with Gasteiger partial charge in [0.2, 0.25) is 5.95 Å². The van der Waals surface area contributed by atoms with Gasteiger partial charge in [-0.05, 0) is 57.5 Å². The molecule has 0 saturated carbocycles. The molecule has 8 aromatic rings. The molecule has 4 heterocycles. The molecule has 9 rings (SSSR count). The van der Waals surface area contributed by atoms with Crippen LogP contribution in [0.1, 0.15) is 27.7 Å². The molecule has 0 atom stereocenters. The number of aromatic nitrogens is 4. The van der Waals surface area contributed by atoms with Crippen LogP contribution in [0, 0.1) is 0 Å². The van der Waals surface area contributed by atoms with Crippen LogP contribution in [0.3, 0.4) is 0 Å². The van der Waals surface area contributed by atoms with Gasteiger partial charge in [-0.3, -0.25) is 4.90 Å². The van der Waals surface area contributed by atoms with Crippen molar-refractivity contribution in [2.75, 3.05) is 4.90 Å². The Morgan fingerprint density at radius 1 is 0.578 bits per heavy atom. The van der Waals surface area contributed by atoms with Crippen molar-refractivity contribution >= 4 is 55.6 Å². The molecule has 218 valence electrons. The lowest BCUT2D eigenvalue weighted by Gasteiger charge is -2.41. The third-order valence-electron chi connectivity index (χ3n) is 9.99. The summed E-state index contributed by atoms with van der Waals surface area (Å²) >= 11 is 0. The Morgan fingerprint density at radius 3 is 2.07 bits per heavy atom. The van der Waals surface area contributed by atoms with Crippen LogP contribution in [0.15, 0.2) is 120 Å². The minimum atomic E-state index is -0.398. The molecule has 1 aliphatic heterocycles. The minimum absolute atomic E-state index is 0.333. The van der Waals surface area contributed by atoms with E-state index in [4.69, 9.17) is 19.4 Å². The maximum Gasteiger partial charge on any atom is 0.213 e. The van der Waals surface area contributed by atoms with Gasteiger partial charge in [-0.25, -0.2) is 15.0 Å². The largest absolute Gasteiger partial charge is 0.456 e. The Balaban J connectivity index is 1.38. The molecule has 1 aliphatic rings. The molecule has 0 aliphatic carbocycles. The van der Waals surface area contributed by atoms with Crippen LogP contribution in [0.5, 0.6) is 0 Å². The van der Waals surface area contributed by atoms with E-state index >= 15 is 0 Å². The highest BCUT2D eigenvalue weighted by Gasteiger charge is 2.54. The van der Waals surface area contributed by atoms with E-state index < -0.39 is 5.54 Å². The van der Waals surface area contributed by atoms with Gasteiger partial charge in [-0.2, -0.15) is 0 Å². The highest BCUT2D eigenvalue weighted by atomic mass is 16.3. The van der Waals surface area contributed by atoms with Gasteiger partial charge in [-0.1, -0.05) is 91.0 Å². The normalized spacial score (nSPS) is 15.4. The summed E-state index contributed by atoms with van der Waals surface area (Å²) in [6.45, 7) is 9.16. The van der Waals surface area contributed by atoms with Gasteiger partial charge in [0.15, 0.2) is 5.82 Å². The maximum absolute atomic E-state index is 6.37. The lowest BCUT2D eigenvalue weighted by atomic mass is 9.82. The molecule has 3 aromatic heterocycles. The Labute approximate surface area is 260 Å². The van der Waals surface area contributed by atoms with E-state index in [9.17, 15) is 0 Å². The van der Waals surface area contributed by atoms with Crippen molar-refractivity contribution in [3.8, 4) is 22.5 Å². The van der Waals surface area contributed by atoms with E-state index in [1.165, 1.54) is 0 Å². The lowest BCUT2D eigenvalue weighted by molar-refractivity contribution is 0.252. The Bertz CT molecular complexity index is 2440. The second-order valence-electron chi connectivity index (χ2n) is 12.9. The molecule has 5 aromatic carbocycles. The molecule has 0 N–H and O–H groups in total. The number of anilines is 2. The fraction of sp³-hybridized carbons (Fsp3) is 0.154. The fourth-order valence-electron chi connectivity index (χ4n) is 7.01. The summed E-state index contributed by atoms with van der Waals surface area (Å²) in [4.78, 5) is 18.2. The number of imidazole rings is 1. The Morgan fingerprint density at radius 2 is 1.29 bits per heavy atom. The van der Waals surface area contributed by atoms with Crippen LogP contribution in [-0.2, 0) is 5.54 Å². The average molecular weight is 586 g/mol. The first-order chi connectivity index (χ1) is 21.8. The molecule has 0 unspecified atom stereocenters.